The fourth-order valence-electron chi connectivity index (χ4n) is 2.93. The standard InChI is InChI=1S/C18H16FN5O2S/c1-11-17-23-15(12-3-5-13(19)6-4-12)16(24(17)10-9-20-11)14-7-8-21-18(22-14)27(2,25)26/h3-10,20,23H,1-2H3. The molecule has 4 rings (SSSR count). The van der Waals surface area contributed by atoms with E-state index in [2.05, 4.69) is 20.6 Å². The van der Waals surface area contributed by atoms with Crippen LogP contribution in [-0.4, -0.2) is 29.5 Å². The third kappa shape index (κ3) is 3.06. The van der Waals surface area contributed by atoms with Crippen LogP contribution in [0.1, 0.15) is 18.2 Å². The fraction of sp³-hybridized carbons (Fsp3) is 0.111. The average Bonchev–Trinajstić information content (AvgIpc) is 3.03. The quantitative estimate of drug-likeness (QED) is 0.782. The van der Waals surface area contributed by atoms with E-state index in [0.29, 0.717) is 17.1 Å². The minimum atomic E-state index is -3.56. The number of sulfone groups is 1. The van der Waals surface area contributed by atoms with Gasteiger partial charge in [-0.15, -0.1) is 0 Å². The Kier molecular flexibility index (Phi) is 3.96. The zero-order chi connectivity index (χ0) is 19.2. The van der Waals surface area contributed by atoms with E-state index in [9.17, 15) is 12.8 Å². The van der Waals surface area contributed by atoms with Gasteiger partial charge in [-0.2, -0.15) is 0 Å². The first kappa shape index (κ1) is 17.2. The van der Waals surface area contributed by atoms with E-state index in [1.807, 2.05) is 18.0 Å². The molecule has 0 unspecified atom stereocenters. The van der Waals surface area contributed by atoms with Gasteiger partial charge in [0.1, 0.15) is 11.6 Å². The van der Waals surface area contributed by atoms with Crippen molar-refractivity contribution < 1.29 is 12.8 Å². The highest BCUT2D eigenvalue weighted by Gasteiger charge is 2.32. The van der Waals surface area contributed by atoms with E-state index in [-0.39, 0.29) is 11.0 Å². The van der Waals surface area contributed by atoms with Gasteiger partial charge in [0.2, 0.25) is 15.0 Å². The molecule has 2 aliphatic heterocycles. The first-order valence-electron chi connectivity index (χ1n) is 8.08. The van der Waals surface area contributed by atoms with Gasteiger partial charge < -0.3 is 10.6 Å². The lowest BCUT2D eigenvalue weighted by molar-refractivity contribution is 0.589. The number of rotatable bonds is 3. The summed E-state index contributed by atoms with van der Waals surface area (Å²) in [6.07, 6.45) is 6.05. The smallest absolute Gasteiger partial charge is 0.247 e. The molecule has 1 aromatic carbocycles. The topological polar surface area (TPSA) is 87.2 Å². The highest BCUT2D eigenvalue weighted by Crippen LogP contribution is 2.37. The Morgan fingerprint density at radius 1 is 1.15 bits per heavy atom. The summed E-state index contributed by atoms with van der Waals surface area (Å²) in [7, 11) is -3.56. The molecule has 0 fully saturated rings. The Hall–Kier alpha value is -3.20. The lowest BCUT2D eigenvalue weighted by Crippen LogP contribution is -2.26. The van der Waals surface area contributed by atoms with Crippen molar-refractivity contribution in [3.63, 3.8) is 0 Å². The first-order chi connectivity index (χ1) is 12.8. The van der Waals surface area contributed by atoms with E-state index >= 15 is 0 Å². The number of allylic oxidation sites excluding steroid dienone is 1. The summed E-state index contributed by atoms with van der Waals surface area (Å²) in [5, 5.41) is 6.20. The maximum absolute atomic E-state index is 13.4. The summed E-state index contributed by atoms with van der Waals surface area (Å²) in [4.78, 5) is 9.98. The van der Waals surface area contributed by atoms with Gasteiger partial charge in [-0.25, -0.2) is 22.8 Å². The first-order valence-corrected chi connectivity index (χ1v) is 9.98. The number of hydrogen-bond donors (Lipinski definition) is 2. The normalized spacial score (nSPS) is 16.3. The van der Waals surface area contributed by atoms with E-state index < -0.39 is 9.84 Å². The molecule has 0 saturated carbocycles. The fourth-order valence-corrected chi connectivity index (χ4v) is 3.44. The van der Waals surface area contributed by atoms with E-state index in [4.69, 9.17) is 0 Å². The summed E-state index contributed by atoms with van der Waals surface area (Å²) in [6.45, 7) is 1.91. The Balaban J connectivity index is 1.94. The SMILES string of the molecule is CC1=C2NC(c3ccc(F)cc3)=C(c3ccnc(S(C)(=O)=O)n3)N2C=CN1. The summed E-state index contributed by atoms with van der Waals surface area (Å²) in [6, 6.07) is 7.69. The molecule has 0 amide bonds. The predicted octanol–water partition coefficient (Wildman–Crippen LogP) is 2.01. The number of hydrogen-bond acceptors (Lipinski definition) is 7. The van der Waals surface area contributed by atoms with E-state index in [1.54, 1.807) is 24.4 Å². The van der Waals surface area contributed by atoms with Crippen LogP contribution >= 0.6 is 0 Å². The maximum atomic E-state index is 13.4. The Bertz CT molecular complexity index is 1120. The van der Waals surface area contributed by atoms with Gasteiger partial charge in [0.15, 0.2) is 0 Å². The molecule has 0 spiro atoms. The maximum Gasteiger partial charge on any atom is 0.247 e. The molecule has 138 valence electrons. The summed E-state index contributed by atoms with van der Waals surface area (Å²) < 4.78 is 37.1. The van der Waals surface area contributed by atoms with Gasteiger partial charge >= 0.3 is 0 Å². The molecular formula is C18H16FN5O2S. The second-order valence-electron chi connectivity index (χ2n) is 6.16. The van der Waals surface area contributed by atoms with Crippen LogP contribution in [0.3, 0.4) is 0 Å². The number of benzene rings is 1. The van der Waals surface area contributed by atoms with Gasteiger partial charge in [-0.3, -0.25) is 4.90 Å². The Morgan fingerprint density at radius 3 is 2.59 bits per heavy atom. The van der Waals surface area contributed by atoms with Crippen LogP contribution in [0.15, 0.2) is 65.6 Å². The number of nitrogens with zero attached hydrogens (tertiary/aromatic N) is 3. The van der Waals surface area contributed by atoms with Crippen molar-refractivity contribution in [1.29, 1.82) is 0 Å². The van der Waals surface area contributed by atoms with Gasteiger partial charge in [-0.05, 0) is 37.3 Å². The molecule has 0 aliphatic carbocycles. The van der Waals surface area contributed by atoms with Crippen LogP contribution < -0.4 is 10.6 Å². The van der Waals surface area contributed by atoms with Gasteiger partial charge in [0, 0.05) is 30.4 Å². The molecule has 2 aromatic rings. The number of nitrogens with one attached hydrogen (secondary N) is 2. The molecule has 9 heteroatoms. The van der Waals surface area contributed by atoms with Crippen molar-refractivity contribution in [2.75, 3.05) is 6.26 Å². The molecule has 0 saturated heterocycles. The van der Waals surface area contributed by atoms with Crippen LogP contribution in [0.4, 0.5) is 4.39 Å². The van der Waals surface area contributed by atoms with Crippen LogP contribution in [0.5, 0.6) is 0 Å². The number of aromatic nitrogens is 2. The number of halogens is 1. The zero-order valence-electron chi connectivity index (χ0n) is 14.6. The molecule has 0 radical (unpaired) electrons. The number of fused-ring (bicyclic) bond motifs is 1. The van der Waals surface area contributed by atoms with E-state index in [1.165, 1.54) is 18.3 Å². The molecule has 27 heavy (non-hydrogen) atoms. The van der Waals surface area contributed by atoms with Crippen LogP contribution in [0, 0.1) is 5.82 Å². The van der Waals surface area contributed by atoms with Gasteiger partial charge in [0.25, 0.3) is 0 Å². The summed E-state index contributed by atoms with van der Waals surface area (Å²) in [5.41, 5.74) is 3.40. The van der Waals surface area contributed by atoms with Crippen LogP contribution in [0.2, 0.25) is 0 Å². The second-order valence-corrected chi connectivity index (χ2v) is 8.07. The molecule has 1 aromatic heterocycles. The summed E-state index contributed by atoms with van der Waals surface area (Å²) >= 11 is 0. The van der Waals surface area contributed by atoms with Crippen molar-refractivity contribution in [2.24, 2.45) is 0 Å². The molecular weight excluding hydrogens is 369 g/mol. The molecule has 2 aliphatic rings. The largest absolute Gasteiger partial charge is 0.361 e. The molecule has 0 atom stereocenters. The van der Waals surface area contributed by atoms with Crippen molar-refractivity contribution >= 4 is 21.2 Å². The van der Waals surface area contributed by atoms with Crippen LogP contribution in [-0.2, 0) is 9.84 Å². The van der Waals surface area contributed by atoms with Gasteiger partial charge in [-0.1, -0.05) is 0 Å². The highest BCUT2D eigenvalue weighted by atomic mass is 32.2. The average molecular weight is 385 g/mol. The minimum Gasteiger partial charge on any atom is -0.361 e. The highest BCUT2D eigenvalue weighted by molar-refractivity contribution is 7.90. The molecule has 2 N–H and O–H groups in total. The van der Waals surface area contributed by atoms with E-state index in [0.717, 1.165) is 23.3 Å². The Labute approximate surface area is 155 Å². The van der Waals surface area contributed by atoms with Crippen molar-refractivity contribution in [3.05, 3.63) is 77.5 Å². The second kappa shape index (κ2) is 6.20. The minimum absolute atomic E-state index is 0.251. The van der Waals surface area contributed by atoms with Gasteiger partial charge in [0.05, 0.1) is 22.8 Å². The van der Waals surface area contributed by atoms with Crippen molar-refractivity contribution in [3.8, 4) is 0 Å². The summed E-state index contributed by atoms with van der Waals surface area (Å²) in [5.74, 6) is 0.446. The monoisotopic (exact) mass is 385 g/mol. The van der Waals surface area contributed by atoms with Crippen molar-refractivity contribution in [1.82, 2.24) is 25.5 Å². The van der Waals surface area contributed by atoms with Crippen molar-refractivity contribution in [2.45, 2.75) is 12.1 Å². The zero-order valence-corrected chi connectivity index (χ0v) is 15.4. The predicted molar refractivity (Wildman–Crippen MR) is 98.3 cm³/mol. The lowest BCUT2D eigenvalue weighted by atomic mass is 10.1. The molecule has 3 heterocycles. The molecule has 0 bridgehead atoms. The third-order valence-corrected chi connectivity index (χ3v) is 5.04. The van der Waals surface area contributed by atoms with Crippen LogP contribution in [0.25, 0.3) is 11.4 Å². The lowest BCUT2D eigenvalue weighted by Gasteiger charge is -2.23. The Morgan fingerprint density at radius 2 is 1.89 bits per heavy atom. The molecule has 7 nitrogen and oxygen atoms in total. The third-order valence-electron chi connectivity index (χ3n) is 4.18.